The Morgan fingerprint density at radius 3 is 2.71 bits per heavy atom. The van der Waals surface area contributed by atoms with Crippen molar-refractivity contribution in [2.24, 2.45) is 4.99 Å². The number of rotatable bonds is 6. The Kier molecular flexibility index (Phi) is 6.94. The Morgan fingerprint density at radius 2 is 2.00 bits per heavy atom. The maximum atomic E-state index is 5.47. The lowest BCUT2D eigenvalue weighted by molar-refractivity contribution is 0.326. The normalized spacial score (nSPS) is 14.8. The summed E-state index contributed by atoms with van der Waals surface area (Å²) in [5, 5.41) is 3.45. The smallest absolute Gasteiger partial charge is 0.213 e. The van der Waals surface area contributed by atoms with Gasteiger partial charge >= 0.3 is 0 Å². The summed E-state index contributed by atoms with van der Waals surface area (Å²) < 4.78 is 10.8. The van der Waals surface area contributed by atoms with Gasteiger partial charge < -0.3 is 24.6 Å². The third-order valence-corrected chi connectivity index (χ3v) is 4.75. The number of hydrogen-bond donors (Lipinski definition) is 1. The summed E-state index contributed by atoms with van der Waals surface area (Å²) in [5.41, 5.74) is 2.32. The first kappa shape index (κ1) is 19.8. The zero-order valence-corrected chi connectivity index (χ0v) is 16.9. The van der Waals surface area contributed by atoms with Gasteiger partial charge in [-0.15, -0.1) is 0 Å². The lowest BCUT2D eigenvalue weighted by atomic mass is 10.2. The van der Waals surface area contributed by atoms with Crippen LogP contribution in [0.1, 0.15) is 12.5 Å². The molecule has 0 amide bonds. The molecule has 150 valence electrons. The molecule has 0 radical (unpaired) electrons. The van der Waals surface area contributed by atoms with Gasteiger partial charge in [0, 0.05) is 63.8 Å². The Balaban J connectivity index is 1.54. The van der Waals surface area contributed by atoms with Crippen LogP contribution >= 0.6 is 0 Å². The zero-order valence-electron chi connectivity index (χ0n) is 16.9. The Hall–Kier alpha value is -2.96. The fourth-order valence-corrected chi connectivity index (χ4v) is 3.28. The minimum absolute atomic E-state index is 0.614. The molecule has 2 heterocycles. The summed E-state index contributed by atoms with van der Waals surface area (Å²) >= 11 is 0. The number of benzene rings is 1. The highest BCUT2D eigenvalue weighted by Gasteiger charge is 2.20. The number of piperazine rings is 1. The third kappa shape index (κ3) is 5.06. The predicted octanol–water partition coefficient (Wildman–Crippen LogP) is 2.39. The average Bonchev–Trinajstić information content (AvgIpc) is 2.75. The molecule has 2 aromatic rings. The molecule has 1 aromatic carbocycles. The topological polar surface area (TPSA) is 62.2 Å². The molecule has 0 atom stereocenters. The molecule has 1 saturated heterocycles. The standard InChI is InChI=1S/C21H29N5O2/c1-4-28-20-14-17(8-9-23-20)16-24-21(22-2)26-12-10-25(11-13-26)18-6-5-7-19(15-18)27-3/h5-9,14-15H,4,10-13,16H2,1-3H3,(H,22,24). The highest BCUT2D eigenvalue weighted by atomic mass is 16.5. The maximum Gasteiger partial charge on any atom is 0.213 e. The van der Waals surface area contributed by atoms with Gasteiger partial charge in [0.05, 0.1) is 13.7 Å². The van der Waals surface area contributed by atoms with E-state index in [0.717, 1.165) is 43.5 Å². The van der Waals surface area contributed by atoms with Gasteiger partial charge in [-0.1, -0.05) is 6.07 Å². The van der Waals surface area contributed by atoms with Gasteiger partial charge in [-0.25, -0.2) is 4.98 Å². The Bertz CT molecular complexity index is 788. The summed E-state index contributed by atoms with van der Waals surface area (Å²) in [5.74, 6) is 2.46. The molecule has 0 spiro atoms. The average molecular weight is 383 g/mol. The number of aromatic nitrogens is 1. The van der Waals surface area contributed by atoms with E-state index < -0.39 is 0 Å². The van der Waals surface area contributed by atoms with Crippen molar-refractivity contribution in [2.75, 3.05) is 51.8 Å². The molecule has 0 aliphatic carbocycles. The molecule has 0 saturated carbocycles. The largest absolute Gasteiger partial charge is 0.497 e. The molecule has 1 fully saturated rings. The summed E-state index contributed by atoms with van der Waals surface area (Å²) in [6, 6.07) is 12.2. The Morgan fingerprint density at radius 1 is 1.18 bits per heavy atom. The second kappa shape index (κ2) is 9.82. The Labute approximate surface area is 167 Å². The fourth-order valence-electron chi connectivity index (χ4n) is 3.28. The van der Waals surface area contributed by atoms with Crippen LogP contribution < -0.4 is 19.7 Å². The van der Waals surface area contributed by atoms with Gasteiger partial charge in [-0.05, 0) is 30.7 Å². The number of hydrogen-bond acceptors (Lipinski definition) is 5. The fraction of sp³-hybridized carbons (Fsp3) is 0.429. The van der Waals surface area contributed by atoms with Crippen LogP contribution in [0.15, 0.2) is 47.6 Å². The highest BCUT2D eigenvalue weighted by Crippen LogP contribution is 2.22. The van der Waals surface area contributed by atoms with Crippen molar-refractivity contribution in [1.29, 1.82) is 0 Å². The minimum atomic E-state index is 0.614. The van der Waals surface area contributed by atoms with Crippen LogP contribution in [0.2, 0.25) is 0 Å². The highest BCUT2D eigenvalue weighted by molar-refractivity contribution is 5.80. The predicted molar refractivity (Wildman–Crippen MR) is 112 cm³/mol. The number of aliphatic imine (C=N–C) groups is 1. The van der Waals surface area contributed by atoms with Crippen LogP contribution in [-0.4, -0.2) is 62.8 Å². The van der Waals surface area contributed by atoms with E-state index in [4.69, 9.17) is 9.47 Å². The number of nitrogens with one attached hydrogen (secondary N) is 1. The number of methoxy groups -OCH3 is 1. The second-order valence-corrected chi connectivity index (χ2v) is 6.51. The van der Waals surface area contributed by atoms with E-state index >= 15 is 0 Å². The van der Waals surface area contributed by atoms with Crippen molar-refractivity contribution in [2.45, 2.75) is 13.5 Å². The van der Waals surface area contributed by atoms with E-state index in [1.807, 2.05) is 38.2 Å². The lowest BCUT2D eigenvalue weighted by Gasteiger charge is -2.37. The van der Waals surface area contributed by atoms with Crippen LogP contribution in [0.5, 0.6) is 11.6 Å². The van der Waals surface area contributed by atoms with E-state index in [-0.39, 0.29) is 0 Å². The van der Waals surface area contributed by atoms with Gasteiger partial charge in [0.15, 0.2) is 5.96 Å². The molecule has 7 heteroatoms. The van der Waals surface area contributed by atoms with Crippen LogP contribution in [0.3, 0.4) is 0 Å². The number of anilines is 1. The van der Waals surface area contributed by atoms with E-state index in [2.05, 4.69) is 37.2 Å². The van der Waals surface area contributed by atoms with Crippen molar-refractivity contribution < 1.29 is 9.47 Å². The quantitative estimate of drug-likeness (QED) is 0.610. The van der Waals surface area contributed by atoms with Crippen LogP contribution in [0, 0.1) is 0 Å². The molecule has 0 unspecified atom stereocenters. The van der Waals surface area contributed by atoms with E-state index in [0.29, 0.717) is 19.0 Å². The lowest BCUT2D eigenvalue weighted by Crippen LogP contribution is -2.52. The molecule has 7 nitrogen and oxygen atoms in total. The first-order valence-corrected chi connectivity index (χ1v) is 9.65. The molecule has 1 aliphatic rings. The number of guanidine groups is 1. The summed E-state index contributed by atoms with van der Waals surface area (Å²) in [7, 11) is 3.53. The summed E-state index contributed by atoms with van der Waals surface area (Å²) in [4.78, 5) is 13.3. The molecule has 0 bridgehead atoms. The van der Waals surface area contributed by atoms with Gasteiger partial charge in [0.1, 0.15) is 5.75 Å². The first-order valence-electron chi connectivity index (χ1n) is 9.65. The second-order valence-electron chi connectivity index (χ2n) is 6.51. The van der Waals surface area contributed by atoms with Gasteiger partial charge in [0.2, 0.25) is 5.88 Å². The van der Waals surface area contributed by atoms with E-state index in [1.165, 1.54) is 5.69 Å². The summed E-state index contributed by atoms with van der Waals surface area (Å²) in [6.07, 6.45) is 1.78. The van der Waals surface area contributed by atoms with Crippen molar-refractivity contribution in [3.8, 4) is 11.6 Å². The van der Waals surface area contributed by atoms with Crippen molar-refractivity contribution in [3.05, 3.63) is 48.2 Å². The van der Waals surface area contributed by atoms with Crippen molar-refractivity contribution in [1.82, 2.24) is 15.2 Å². The maximum absolute atomic E-state index is 5.47. The van der Waals surface area contributed by atoms with Crippen LogP contribution in [0.4, 0.5) is 5.69 Å². The summed E-state index contributed by atoms with van der Waals surface area (Å²) in [6.45, 7) is 6.97. The van der Waals surface area contributed by atoms with Crippen molar-refractivity contribution >= 4 is 11.6 Å². The first-order chi connectivity index (χ1) is 13.7. The monoisotopic (exact) mass is 383 g/mol. The number of ether oxygens (including phenoxy) is 2. The number of nitrogens with zero attached hydrogens (tertiary/aromatic N) is 4. The molecule has 1 aromatic heterocycles. The minimum Gasteiger partial charge on any atom is -0.497 e. The molecule has 28 heavy (non-hydrogen) atoms. The van der Waals surface area contributed by atoms with Gasteiger partial charge in [0.25, 0.3) is 0 Å². The van der Waals surface area contributed by atoms with Crippen molar-refractivity contribution in [3.63, 3.8) is 0 Å². The van der Waals surface area contributed by atoms with E-state index in [1.54, 1.807) is 13.3 Å². The van der Waals surface area contributed by atoms with E-state index in [9.17, 15) is 0 Å². The van der Waals surface area contributed by atoms with Gasteiger partial charge in [-0.3, -0.25) is 4.99 Å². The zero-order chi connectivity index (χ0) is 19.8. The molecule has 1 aliphatic heterocycles. The molecular weight excluding hydrogens is 354 g/mol. The van der Waals surface area contributed by atoms with Crippen LogP contribution in [-0.2, 0) is 6.54 Å². The molecular formula is C21H29N5O2. The SMILES string of the molecule is CCOc1cc(CNC(=NC)N2CCN(c3cccc(OC)c3)CC2)ccn1. The van der Waals surface area contributed by atoms with Crippen LogP contribution in [0.25, 0.3) is 0 Å². The molecule has 3 rings (SSSR count). The molecule has 1 N–H and O–H groups in total. The van der Waals surface area contributed by atoms with Gasteiger partial charge in [-0.2, -0.15) is 0 Å². The number of pyridine rings is 1. The third-order valence-electron chi connectivity index (χ3n) is 4.75.